The maximum absolute atomic E-state index is 11.0. The van der Waals surface area contributed by atoms with Crippen molar-refractivity contribution in [3.05, 3.63) is 28.3 Å². The van der Waals surface area contributed by atoms with Crippen LogP contribution in [-0.2, 0) is 0 Å². The Morgan fingerprint density at radius 3 is 2.58 bits per heavy atom. The Kier molecular flexibility index (Phi) is 3.02. The van der Waals surface area contributed by atoms with Crippen molar-refractivity contribution in [3.63, 3.8) is 0 Å². The molecule has 6 heteroatoms. The van der Waals surface area contributed by atoms with Gasteiger partial charge in [0.2, 0.25) is 0 Å². The minimum absolute atomic E-state index is 0.0897. The number of hydrogen-bond donors (Lipinski definition) is 2. The van der Waals surface area contributed by atoms with Gasteiger partial charge in [-0.05, 0) is 37.7 Å². The quantitative estimate of drug-likeness (QED) is 0.466. The molecule has 0 saturated heterocycles. The summed E-state index contributed by atoms with van der Waals surface area (Å²) in [6.07, 6.45) is 4.92. The minimum Gasteiger partial charge on any atom is -0.368 e. The first-order valence-electron chi connectivity index (χ1n) is 6.70. The molecule has 0 atom stereocenters. The Labute approximate surface area is 111 Å². The topological polar surface area (TPSA) is 84.4 Å². The molecule has 0 radical (unpaired) electrons. The fourth-order valence-corrected chi connectivity index (χ4v) is 2.38. The number of nitrogens with one attached hydrogen (secondary N) is 1. The molecular weight excluding hydrogens is 244 g/mol. The highest BCUT2D eigenvalue weighted by Gasteiger charge is 2.34. The molecule has 19 heavy (non-hydrogen) atoms. The van der Waals surface area contributed by atoms with Crippen LogP contribution in [0.15, 0.2) is 18.2 Å². The number of rotatable bonds is 6. The lowest BCUT2D eigenvalue weighted by atomic mass is 10.2. The van der Waals surface area contributed by atoms with Gasteiger partial charge in [0.1, 0.15) is 0 Å². The van der Waals surface area contributed by atoms with E-state index in [0.29, 0.717) is 11.7 Å². The number of anilines is 2. The van der Waals surface area contributed by atoms with Crippen molar-refractivity contribution < 1.29 is 4.92 Å². The van der Waals surface area contributed by atoms with Crippen LogP contribution in [0, 0.1) is 16.0 Å². The first-order chi connectivity index (χ1) is 9.17. The number of non-ortho nitro benzene ring substituents is 1. The third kappa shape index (κ3) is 2.78. The van der Waals surface area contributed by atoms with Crippen molar-refractivity contribution in [3.8, 4) is 0 Å². The number of nitro benzene ring substituents is 1. The van der Waals surface area contributed by atoms with Crippen molar-refractivity contribution in [2.24, 2.45) is 11.8 Å². The van der Waals surface area contributed by atoms with Crippen LogP contribution in [-0.4, -0.2) is 17.5 Å². The van der Waals surface area contributed by atoms with E-state index in [1.165, 1.54) is 31.7 Å². The van der Waals surface area contributed by atoms with E-state index in [-0.39, 0.29) is 10.6 Å². The zero-order valence-corrected chi connectivity index (χ0v) is 10.7. The monoisotopic (exact) mass is 262 g/mol. The lowest BCUT2D eigenvalue weighted by Gasteiger charge is -2.25. The predicted molar refractivity (Wildman–Crippen MR) is 74.0 cm³/mol. The molecule has 2 saturated carbocycles. The summed E-state index contributed by atoms with van der Waals surface area (Å²) in [6.45, 7) is 1.01. The largest absolute Gasteiger partial charge is 0.368 e. The van der Waals surface area contributed by atoms with Gasteiger partial charge in [0.15, 0.2) is 0 Å². The van der Waals surface area contributed by atoms with Gasteiger partial charge < -0.3 is 10.3 Å². The van der Waals surface area contributed by atoms with E-state index in [1.807, 2.05) is 6.07 Å². The molecule has 6 nitrogen and oxygen atoms in total. The average Bonchev–Trinajstić information content (AvgIpc) is 3.27. The first-order valence-corrected chi connectivity index (χ1v) is 6.70. The predicted octanol–water partition coefficient (Wildman–Crippen LogP) is 2.26. The van der Waals surface area contributed by atoms with Crippen LogP contribution in [0.2, 0.25) is 0 Å². The summed E-state index contributed by atoms with van der Waals surface area (Å²) in [5, 5.41) is 11.0. The normalized spacial score (nSPS) is 18.2. The summed E-state index contributed by atoms with van der Waals surface area (Å²) in [7, 11) is 0. The van der Waals surface area contributed by atoms with E-state index >= 15 is 0 Å². The summed E-state index contributed by atoms with van der Waals surface area (Å²) in [4.78, 5) is 12.9. The molecule has 102 valence electrons. The van der Waals surface area contributed by atoms with Crippen LogP contribution in [0.3, 0.4) is 0 Å². The lowest BCUT2D eigenvalue weighted by molar-refractivity contribution is -0.384. The van der Waals surface area contributed by atoms with Crippen molar-refractivity contribution in [1.82, 2.24) is 0 Å². The highest BCUT2D eigenvalue weighted by Crippen LogP contribution is 2.39. The second kappa shape index (κ2) is 4.70. The third-order valence-electron chi connectivity index (χ3n) is 3.75. The van der Waals surface area contributed by atoms with Crippen LogP contribution in [0.1, 0.15) is 25.7 Å². The van der Waals surface area contributed by atoms with Gasteiger partial charge in [-0.3, -0.25) is 16.0 Å². The Hall–Kier alpha value is -1.82. The molecule has 3 N–H and O–H groups in total. The number of nitro groups is 1. The molecule has 0 unspecified atom stereocenters. The Balaban J connectivity index is 1.91. The van der Waals surface area contributed by atoms with Crippen molar-refractivity contribution >= 4 is 17.1 Å². The van der Waals surface area contributed by atoms with Crippen LogP contribution < -0.4 is 16.2 Å². The first kappa shape index (κ1) is 12.2. The highest BCUT2D eigenvalue weighted by atomic mass is 16.6. The van der Waals surface area contributed by atoms with Crippen LogP contribution in [0.5, 0.6) is 0 Å². The molecular formula is C13H18N4O2. The third-order valence-corrected chi connectivity index (χ3v) is 3.75. The summed E-state index contributed by atoms with van der Waals surface area (Å²) in [5.74, 6) is 6.16. The second-order valence-electron chi connectivity index (χ2n) is 5.47. The maximum atomic E-state index is 11.0. The fourth-order valence-electron chi connectivity index (χ4n) is 2.38. The van der Waals surface area contributed by atoms with E-state index in [1.54, 1.807) is 6.07 Å². The van der Waals surface area contributed by atoms with E-state index in [4.69, 9.17) is 5.84 Å². The summed E-state index contributed by atoms with van der Waals surface area (Å²) >= 11 is 0. The number of nitrogens with zero attached hydrogens (tertiary/aromatic N) is 2. The van der Waals surface area contributed by atoms with Gasteiger partial charge in [-0.2, -0.15) is 0 Å². The second-order valence-corrected chi connectivity index (χ2v) is 5.47. The summed E-state index contributed by atoms with van der Waals surface area (Å²) < 4.78 is 0. The maximum Gasteiger partial charge on any atom is 0.273 e. The molecule has 0 aromatic heterocycles. The number of hydrogen-bond acceptors (Lipinski definition) is 5. The lowest BCUT2D eigenvalue weighted by Crippen LogP contribution is -2.28. The Morgan fingerprint density at radius 2 is 2.05 bits per heavy atom. The van der Waals surface area contributed by atoms with E-state index < -0.39 is 0 Å². The zero-order valence-electron chi connectivity index (χ0n) is 10.7. The van der Waals surface area contributed by atoms with Crippen molar-refractivity contribution in [2.75, 3.05) is 16.9 Å². The van der Waals surface area contributed by atoms with Gasteiger partial charge in [-0.15, -0.1) is 0 Å². The minimum atomic E-state index is -0.369. The van der Waals surface area contributed by atoms with Gasteiger partial charge in [0.25, 0.3) is 5.69 Å². The molecule has 0 aliphatic heterocycles. The zero-order chi connectivity index (χ0) is 13.4. The molecule has 1 aromatic rings. The number of nitrogen functional groups attached to an aromatic ring is 1. The van der Waals surface area contributed by atoms with Crippen LogP contribution in [0.4, 0.5) is 17.1 Å². The molecule has 1 aromatic carbocycles. The molecule has 0 heterocycles. The van der Waals surface area contributed by atoms with E-state index in [9.17, 15) is 10.1 Å². The molecule has 0 spiro atoms. The Morgan fingerprint density at radius 1 is 1.32 bits per heavy atom. The molecule has 3 rings (SSSR count). The molecule has 0 bridgehead atoms. The van der Waals surface area contributed by atoms with E-state index in [2.05, 4.69) is 10.3 Å². The Bertz CT molecular complexity index is 497. The molecule has 2 aliphatic carbocycles. The van der Waals surface area contributed by atoms with Crippen molar-refractivity contribution in [1.29, 1.82) is 0 Å². The fraction of sp³-hybridized carbons (Fsp3) is 0.538. The number of benzene rings is 1. The van der Waals surface area contributed by atoms with Crippen LogP contribution in [0.25, 0.3) is 0 Å². The van der Waals surface area contributed by atoms with Gasteiger partial charge in [-0.1, -0.05) is 0 Å². The van der Waals surface area contributed by atoms with Crippen molar-refractivity contribution in [2.45, 2.75) is 31.7 Å². The number of nitrogens with two attached hydrogens (primary N) is 1. The SMILES string of the molecule is NNc1cc(N(CC2CC2)C2CC2)cc([N+](=O)[O-])c1. The average molecular weight is 262 g/mol. The highest BCUT2D eigenvalue weighted by molar-refractivity contribution is 5.65. The molecule has 2 aliphatic rings. The van der Waals surface area contributed by atoms with E-state index in [0.717, 1.165) is 18.2 Å². The molecule has 2 fully saturated rings. The van der Waals surface area contributed by atoms with Gasteiger partial charge in [0.05, 0.1) is 10.6 Å². The van der Waals surface area contributed by atoms with Gasteiger partial charge >= 0.3 is 0 Å². The van der Waals surface area contributed by atoms with Gasteiger partial charge in [-0.25, -0.2) is 0 Å². The number of hydrazine groups is 1. The van der Waals surface area contributed by atoms with Gasteiger partial charge in [0, 0.05) is 30.4 Å². The summed E-state index contributed by atoms with van der Waals surface area (Å²) in [6, 6.07) is 5.56. The molecule has 0 amide bonds. The smallest absolute Gasteiger partial charge is 0.273 e. The van der Waals surface area contributed by atoms with Crippen LogP contribution >= 0.6 is 0 Å². The standard InChI is InChI=1S/C13H18N4O2/c14-15-10-5-12(7-13(6-10)17(18)19)16(11-3-4-11)8-9-1-2-9/h5-7,9,11,15H,1-4,8,14H2. The summed E-state index contributed by atoms with van der Waals surface area (Å²) in [5.41, 5.74) is 4.11.